The zero-order valence-corrected chi connectivity index (χ0v) is 19.9. The predicted molar refractivity (Wildman–Crippen MR) is 133 cm³/mol. The van der Waals surface area contributed by atoms with Gasteiger partial charge in [0.05, 0.1) is 5.56 Å². The molecule has 10 nitrogen and oxygen atoms in total. The van der Waals surface area contributed by atoms with Crippen LogP contribution in [0.25, 0.3) is 0 Å². The van der Waals surface area contributed by atoms with Gasteiger partial charge in [-0.3, -0.25) is 4.79 Å². The van der Waals surface area contributed by atoms with Crippen molar-refractivity contribution in [3.8, 4) is 17.2 Å². The van der Waals surface area contributed by atoms with Gasteiger partial charge in [-0.15, -0.1) is 0 Å². The topological polar surface area (TPSA) is 126 Å². The monoisotopic (exact) mass is 501 g/mol. The van der Waals surface area contributed by atoms with E-state index < -0.39 is 17.4 Å². The number of nitrogens with zero attached hydrogens (tertiary/aromatic N) is 1. The Morgan fingerprint density at radius 3 is 2.57 bits per heavy atom. The summed E-state index contributed by atoms with van der Waals surface area (Å²) in [5.41, 5.74) is 2.53. The van der Waals surface area contributed by atoms with E-state index in [0.717, 1.165) is 16.8 Å². The lowest BCUT2D eigenvalue weighted by molar-refractivity contribution is -0.122. The predicted octanol–water partition coefficient (Wildman–Crippen LogP) is 3.27. The number of para-hydroxylation sites is 1. The minimum Gasteiger partial charge on any atom is -0.491 e. The highest BCUT2D eigenvalue weighted by Crippen LogP contribution is 2.54. The van der Waals surface area contributed by atoms with E-state index >= 15 is 0 Å². The van der Waals surface area contributed by atoms with Gasteiger partial charge in [-0.25, -0.2) is 9.59 Å². The number of amides is 3. The molecule has 3 amide bonds. The first-order chi connectivity index (χ1) is 17.9. The molecule has 10 heteroatoms. The minimum absolute atomic E-state index is 0.124. The van der Waals surface area contributed by atoms with Crippen LogP contribution in [0.2, 0.25) is 0 Å². The maximum absolute atomic E-state index is 13.9. The van der Waals surface area contributed by atoms with Crippen molar-refractivity contribution in [3.05, 3.63) is 76.9 Å². The van der Waals surface area contributed by atoms with Crippen LogP contribution in [0.1, 0.15) is 27.0 Å². The van der Waals surface area contributed by atoms with Crippen molar-refractivity contribution in [2.24, 2.45) is 0 Å². The first-order valence-electron chi connectivity index (χ1n) is 11.8. The maximum Gasteiger partial charge on any atom is 0.335 e. The van der Waals surface area contributed by atoms with Crippen LogP contribution in [0.4, 0.5) is 16.2 Å². The molecule has 6 rings (SSSR count). The highest BCUT2D eigenvalue weighted by Gasteiger charge is 2.57. The standard InChI is InChI=1S/C27H23N3O7/c1-15-10-16(6-7-17(15)24(31)32)29-26(34)28-8-9-30-20-5-3-2-4-18(20)27(25(30)33)13-35-21-12-23-22(11-19(21)27)36-14-37-23/h2-7,10-12H,8-9,13-14H2,1H3,(H,31,32)(H2,28,29,34). The third-order valence-corrected chi connectivity index (χ3v) is 6.98. The lowest BCUT2D eigenvalue weighted by atomic mass is 9.77. The Morgan fingerprint density at radius 1 is 1.00 bits per heavy atom. The molecule has 0 fully saturated rings. The van der Waals surface area contributed by atoms with E-state index in [1.807, 2.05) is 30.3 Å². The van der Waals surface area contributed by atoms with Gasteiger partial charge in [0, 0.05) is 36.1 Å². The Labute approximate surface area is 211 Å². The molecule has 0 bridgehead atoms. The molecule has 3 heterocycles. The summed E-state index contributed by atoms with van der Waals surface area (Å²) in [6.07, 6.45) is 0. The van der Waals surface area contributed by atoms with Crippen LogP contribution in [-0.4, -0.2) is 49.5 Å². The highest BCUT2D eigenvalue weighted by atomic mass is 16.7. The van der Waals surface area contributed by atoms with Crippen LogP contribution in [0, 0.1) is 6.92 Å². The smallest absolute Gasteiger partial charge is 0.335 e. The van der Waals surface area contributed by atoms with Crippen molar-refractivity contribution in [3.63, 3.8) is 0 Å². The van der Waals surface area contributed by atoms with Gasteiger partial charge in [-0.1, -0.05) is 18.2 Å². The molecule has 3 aromatic carbocycles. The normalized spacial score (nSPS) is 18.4. The molecule has 188 valence electrons. The number of carbonyl (C=O) groups excluding carboxylic acids is 2. The maximum atomic E-state index is 13.9. The molecule has 1 spiro atoms. The van der Waals surface area contributed by atoms with Crippen molar-refractivity contribution in [1.82, 2.24) is 5.32 Å². The number of carboxylic acids is 1. The van der Waals surface area contributed by atoms with Crippen molar-refractivity contribution >= 4 is 29.3 Å². The molecule has 3 aliphatic rings. The Hall–Kier alpha value is -4.73. The quantitative estimate of drug-likeness (QED) is 0.490. The van der Waals surface area contributed by atoms with Gasteiger partial charge in [0.15, 0.2) is 11.5 Å². The second kappa shape index (κ2) is 8.44. The highest BCUT2D eigenvalue weighted by molar-refractivity contribution is 6.11. The van der Waals surface area contributed by atoms with E-state index in [9.17, 15) is 14.4 Å². The average Bonchev–Trinajstić information content (AvgIpc) is 3.55. The van der Waals surface area contributed by atoms with E-state index in [2.05, 4.69) is 10.6 Å². The molecule has 3 aliphatic heterocycles. The molecule has 0 radical (unpaired) electrons. The van der Waals surface area contributed by atoms with E-state index in [1.54, 1.807) is 24.0 Å². The molecular weight excluding hydrogens is 478 g/mol. The fourth-order valence-electron chi connectivity index (χ4n) is 5.22. The Balaban J connectivity index is 1.19. The van der Waals surface area contributed by atoms with Crippen molar-refractivity contribution in [2.45, 2.75) is 12.3 Å². The molecule has 1 atom stereocenters. The summed E-state index contributed by atoms with van der Waals surface area (Å²) in [6.45, 7) is 2.40. The van der Waals surface area contributed by atoms with Gasteiger partial charge in [-0.2, -0.15) is 0 Å². The molecule has 37 heavy (non-hydrogen) atoms. The van der Waals surface area contributed by atoms with Gasteiger partial charge >= 0.3 is 12.0 Å². The number of hydrogen-bond acceptors (Lipinski definition) is 6. The Bertz CT molecular complexity index is 1470. The lowest BCUT2D eigenvalue weighted by Crippen LogP contribution is -2.45. The van der Waals surface area contributed by atoms with Gasteiger partial charge < -0.3 is 34.9 Å². The van der Waals surface area contributed by atoms with E-state index in [-0.39, 0.29) is 38.0 Å². The van der Waals surface area contributed by atoms with Gasteiger partial charge in [-0.05, 0) is 48.4 Å². The zero-order valence-electron chi connectivity index (χ0n) is 19.9. The molecule has 0 saturated carbocycles. The second-order valence-corrected chi connectivity index (χ2v) is 9.09. The molecule has 0 aliphatic carbocycles. The van der Waals surface area contributed by atoms with Crippen LogP contribution in [0.15, 0.2) is 54.6 Å². The van der Waals surface area contributed by atoms with E-state index in [1.165, 1.54) is 12.1 Å². The summed E-state index contributed by atoms with van der Waals surface area (Å²) in [7, 11) is 0. The van der Waals surface area contributed by atoms with Crippen molar-refractivity contribution in [1.29, 1.82) is 0 Å². The third-order valence-electron chi connectivity index (χ3n) is 6.98. The van der Waals surface area contributed by atoms with Crippen molar-refractivity contribution < 1.29 is 33.7 Å². The first-order valence-corrected chi connectivity index (χ1v) is 11.8. The first kappa shape index (κ1) is 22.7. The lowest BCUT2D eigenvalue weighted by Gasteiger charge is -2.23. The molecule has 0 aromatic heterocycles. The molecular formula is C27H23N3O7. The number of ether oxygens (including phenoxy) is 3. The largest absolute Gasteiger partial charge is 0.491 e. The third kappa shape index (κ3) is 3.52. The van der Waals surface area contributed by atoms with E-state index in [0.29, 0.717) is 28.5 Å². The molecule has 3 aromatic rings. The number of aromatic carboxylic acids is 1. The average molecular weight is 501 g/mol. The second-order valence-electron chi connectivity index (χ2n) is 9.09. The van der Waals surface area contributed by atoms with Gasteiger partial charge in [0.25, 0.3) is 0 Å². The number of anilines is 2. The fraction of sp³-hybridized carbons (Fsp3) is 0.222. The van der Waals surface area contributed by atoms with Crippen LogP contribution in [0.3, 0.4) is 0 Å². The number of aryl methyl sites for hydroxylation is 1. The number of carboxylic acid groups (broad SMARTS) is 1. The number of hydrogen-bond donors (Lipinski definition) is 3. The fourth-order valence-corrected chi connectivity index (χ4v) is 5.22. The molecule has 1 unspecified atom stereocenters. The SMILES string of the molecule is Cc1cc(NC(=O)NCCN2C(=O)C3(COc4cc5c(cc43)OCO5)c3ccccc32)ccc1C(=O)O. The number of urea groups is 1. The van der Waals surface area contributed by atoms with Crippen LogP contribution >= 0.6 is 0 Å². The van der Waals surface area contributed by atoms with Gasteiger partial charge in [0.2, 0.25) is 12.7 Å². The Morgan fingerprint density at radius 2 is 1.78 bits per heavy atom. The molecule has 0 saturated heterocycles. The minimum atomic E-state index is -1.03. The van der Waals surface area contributed by atoms with Crippen molar-refractivity contribution in [2.75, 3.05) is 36.7 Å². The van der Waals surface area contributed by atoms with Crippen LogP contribution < -0.4 is 29.7 Å². The van der Waals surface area contributed by atoms with Gasteiger partial charge in [0.1, 0.15) is 17.8 Å². The number of fused-ring (bicyclic) bond motifs is 5. The zero-order chi connectivity index (χ0) is 25.7. The van der Waals surface area contributed by atoms with Crippen LogP contribution in [-0.2, 0) is 10.2 Å². The van der Waals surface area contributed by atoms with E-state index in [4.69, 9.17) is 19.3 Å². The number of rotatable bonds is 5. The van der Waals surface area contributed by atoms with Crippen LogP contribution in [0.5, 0.6) is 17.2 Å². The summed E-state index contributed by atoms with van der Waals surface area (Å²) >= 11 is 0. The summed E-state index contributed by atoms with van der Waals surface area (Å²) in [6, 6.07) is 15.3. The summed E-state index contributed by atoms with van der Waals surface area (Å²) in [5, 5.41) is 14.6. The number of nitrogens with one attached hydrogen (secondary N) is 2. The Kier molecular flexibility index (Phi) is 5.18. The number of carbonyl (C=O) groups is 3. The summed E-state index contributed by atoms with van der Waals surface area (Å²) in [4.78, 5) is 39.3. The summed E-state index contributed by atoms with van der Waals surface area (Å²) in [5.74, 6) is 0.610. The number of benzene rings is 3. The molecule has 3 N–H and O–H groups in total. The summed E-state index contributed by atoms with van der Waals surface area (Å²) < 4.78 is 17.0.